The van der Waals surface area contributed by atoms with Crippen LogP contribution in [0.1, 0.15) is 25.2 Å². The van der Waals surface area contributed by atoms with E-state index in [0.717, 1.165) is 28.4 Å². The number of fused-ring (bicyclic) bond motifs is 1. The summed E-state index contributed by atoms with van der Waals surface area (Å²) in [4.78, 5) is 16.0. The first kappa shape index (κ1) is 20.8. The van der Waals surface area contributed by atoms with E-state index >= 15 is 0 Å². The van der Waals surface area contributed by atoms with Crippen LogP contribution in [0.2, 0.25) is 0 Å². The maximum atomic E-state index is 11.3. The van der Waals surface area contributed by atoms with Gasteiger partial charge in [0.25, 0.3) is 0 Å². The zero-order chi connectivity index (χ0) is 20.8. The molecule has 29 heavy (non-hydrogen) atoms. The fourth-order valence-electron chi connectivity index (χ4n) is 2.99. The number of nitrogens with zero attached hydrogens (tertiary/aromatic N) is 2. The predicted octanol–water partition coefficient (Wildman–Crippen LogP) is 3.14. The lowest BCUT2D eigenvalue weighted by atomic mass is 10.2. The number of carbonyl (C=O) groups is 1. The van der Waals surface area contributed by atoms with E-state index in [-0.39, 0.29) is 0 Å². The molecular weight excluding hydrogens is 368 g/mol. The Morgan fingerprint density at radius 2 is 1.93 bits per heavy atom. The van der Waals surface area contributed by atoms with Crippen molar-refractivity contribution in [1.82, 2.24) is 14.9 Å². The molecule has 0 fully saturated rings. The van der Waals surface area contributed by atoms with Crippen LogP contribution in [-0.2, 0) is 22.6 Å². The molecule has 2 aromatic carbocycles. The van der Waals surface area contributed by atoms with Gasteiger partial charge in [0.1, 0.15) is 17.3 Å². The van der Waals surface area contributed by atoms with E-state index in [0.29, 0.717) is 26.3 Å². The summed E-state index contributed by atoms with van der Waals surface area (Å²) < 4.78 is 13.6. The Bertz CT molecular complexity index is 966. The van der Waals surface area contributed by atoms with E-state index in [1.165, 1.54) is 5.56 Å². The van der Waals surface area contributed by atoms with Gasteiger partial charge in [-0.3, -0.25) is 10.1 Å². The zero-order valence-corrected chi connectivity index (χ0v) is 17.1. The largest absolute Gasteiger partial charge is 0.457 e. The number of nitrogens with one attached hydrogen (secondary N) is 1. The van der Waals surface area contributed by atoms with Crippen molar-refractivity contribution in [2.75, 3.05) is 13.2 Å². The maximum Gasteiger partial charge on any atom is 0.234 e. The summed E-state index contributed by atoms with van der Waals surface area (Å²) in [6.45, 7) is 8.06. The van der Waals surface area contributed by atoms with Gasteiger partial charge in [-0.25, -0.2) is 4.98 Å². The monoisotopic (exact) mass is 396 g/mol. The SMILES string of the molecule is CCOCCn1c(CNC(C)C(N)=O)nc2ccc(Oc3ccc(C)cc3)cc21. The van der Waals surface area contributed by atoms with E-state index in [2.05, 4.69) is 9.88 Å². The Morgan fingerprint density at radius 3 is 2.62 bits per heavy atom. The molecule has 7 heteroatoms. The topological polar surface area (TPSA) is 91.4 Å². The van der Waals surface area contributed by atoms with Crippen molar-refractivity contribution >= 4 is 16.9 Å². The molecule has 0 aliphatic heterocycles. The van der Waals surface area contributed by atoms with Crippen molar-refractivity contribution in [1.29, 1.82) is 0 Å². The van der Waals surface area contributed by atoms with Crippen LogP contribution in [0, 0.1) is 6.92 Å². The van der Waals surface area contributed by atoms with Gasteiger partial charge in [0, 0.05) is 19.2 Å². The molecule has 1 amide bonds. The number of rotatable bonds is 10. The van der Waals surface area contributed by atoms with Gasteiger partial charge in [-0.15, -0.1) is 0 Å². The van der Waals surface area contributed by atoms with Crippen LogP contribution in [-0.4, -0.2) is 34.7 Å². The molecule has 0 aliphatic carbocycles. The fraction of sp³-hybridized carbons (Fsp3) is 0.364. The van der Waals surface area contributed by atoms with Crippen molar-refractivity contribution in [2.24, 2.45) is 5.73 Å². The number of nitrogens with two attached hydrogens (primary N) is 1. The number of aromatic nitrogens is 2. The van der Waals surface area contributed by atoms with Crippen molar-refractivity contribution < 1.29 is 14.3 Å². The molecular formula is C22H28N4O3. The van der Waals surface area contributed by atoms with Gasteiger partial charge in [-0.05, 0) is 45.0 Å². The van der Waals surface area contributed by atoms with Gasteiger partial charge in [0.15, 0.2) is 0 Å². The van der Waals surface area contributed by atoms with E-state index in [4.69, 9.17) is 20.2 Å². The number of hydrogen-bond donors (Lipinski definition) is 2. The summed E-state index contributed by atoms with van der Waals surface area (Å²) in [6.07, 6.45) is 0. The highest BCUT2D eigenvalue weighted by molar-refractivity contribution is 5.79. The lowest BCUT2D eigenvalue weighted by molar-refractivity contribution is -0.119. The number of primary amides is 1. The van der Waals surface area contributed by atoms with E-state index < -0.39 is 11.9 Å². The van der Waals surface area contributed by atoms with Crippen molar-refractivity contribution in [3.8, 4) is 11.5 Å². The summed E-state index contributed by atoms with van der Waals surface area (Å²) >= 11 is 0. The lowest BCUT2D eigenvalue weighted by Crippen LogP contribution is -2.38. The quantitative estimate of drug-likeness (QED) is 0.514. The first-order chi connectivity index (χ1) is 14.0. The molecule has 3 N–H and O–H groups in total. The third-order valence-electron chi connectivity index (χ3n) is 4.71. The minimum atomic E-state index is -0.435. The molecule has 1 heterocycles. The van der Waals surface area contributed by atoms with E-state index in [1.54, 1.807) is 6.92 Å². The molecule has 7 nitrogen and oxygen atoms in total. The minimum absolute atomic E-state index is 0.393. The smallest absolute Gasteiger partial charge is 0.234 e. The molecule has 3 rings (SSSR count). The average Bonchev–Trinajstić information content (AvgIpc) is 3.05. The molecule has 154 valence electrons. The molecule has 0 saturated heterocycles. The molecule has 0 aliphatic rings. The Morgan fingerprint density at radius 1 is 1.21 bits per heavy atom. The van der Waals surface area contributed by atoms with Crippen LogP contribution in [0.4, 0.5) is 0 Å². The average molecular weight is 396 g/mol. The Hall–Kier alpha value is -2.90. The molecule has 1 unspecified atom stereocenters. The molecule has 3 aromatic rings. The van der Waals surface area contributed by atoms with Crippen LogP contribution in [0.15, 0.2) is 42.5 Å². The van der Waals surface area contributed by atoms with Crippen molar-refractivity contribution in [3.63, 3.8) is 0 Å². The first-order valence-corrected chi connectivity index (χ1v) is 9.82. The van der Waals surface area contributed by atoms with Gasteiger partial charge in [-0.2, -0.15) is 0 Å². The van der Waals surface area contributed by atoms with Gasteiger partial charge >= 0.3 is 0 Å². The first-order valence-electron chi connectivity index (χ1n) is 9.82. The lowest BCUT2D eigenvalue weighted by Gasteiger charge is -2.13. The predicted molar refractivity (Wildman–Crippen MR) is 113 cm³/mol. The van der Waals surface area contributed by atoms with E-state index in [1.807, 2.05) is 56.3 Å². The highest BCUT2D eigenvalue weighted by Crippen LogP contribution is 2.26. The summed E-state index contributed by atoms with van der Waals surface area (Å²) in [5.41, 5.74) is 8.35. The summed E-state index contributed by atoms with van der Waals surface area (Å²) in [5, 5.41) is 3.12. The van der Waals surface area contributed by atoms with Gasteiger partial charge in [0.2, 0.25) is 5.91 Å². The number of carbonyl (C=O) groups excluding carboxylic acids is 1. The van der Waals surface area contributed by atoms with Gasteiger partial charge in [0.05, 0.1) is 30.2 Å². The standard InChI is InChI=1S/C22H28N4O3/c1-4-28-12-11-26-20-13-18(29-17-7-5-15(2)6-8-17)9-10-19(20)25-21(26)14-24-16(3)22(23)27/h5-10,13,16,24H,4,11-12,14H2,1-3H3,(H2,23,27). The molecule has 1 aromatic heterocycles. The molecule has 0 radical (unpaired) electrons. The highest BCUT2D eigenvalue weighted by Gasteiger charge is 2.14. The fourth-order valence-corrected chi connectivity index (χ4v) is 2.99. The number of ether oxygens (including phenoxy) is 2. The number of amides is 1. The molecule has 1 atom stereocenters. The Balaban J connectivity index is 1.88. The summed E-state index contributed by atoms with van der Waals surface area (Å²) in [5.74, 6) is 1.95. The van der Waals surface area contributed by atoms with Gasteiger partial charge in [-0.1, -0.05) is 17.7 Å². The molecule has 0 spiro atoms. The number of aryl methyl sites for hydroxylation is 1. The zero-order valence-electron chi connectivity index (χ0n) is 17.1. The summed E-state index contributed by atoms with van der Waals surface area (Å²) in [6, 6.07) is 13.3. The second kappa shape index (κ2) is 9.54. The third-order valence-corrected chi connectivity index (χ3v) is 4.71. The number of imidazole rings is 1. The maximum absolute atomic E-state index is 11.3. The minimum Gasteiger partial charge on any atom is -0.457 e. The summed E-state index contributed by atoms with van der Waals surface area (Å²) in [7, 11) is 0. The Labute approximate surface area is 170 Å². The Kier molecular flexibility index (Phi) is 6.85. The van der Waals surface area contributed by atoms with E-state index in [9.17, 15) is 4.79 Å². The normalized spacial score (nSPS) is 12.2. The third kappa shape index (κ3) is 5.34. The van der Waals surface area contributed by atoms with Gasteiger partial charge < -0.3 is 19.8 Å². The van der Waals surface area contributed by atoms with Crippen molar-refractivity contribution in [3.05, 3.63) is 53.9 Å². The molecule has 0 saturated carbocycles. The number of hydrogen-bond acceptors (Lipinski definition) is 5. The van der Waals surface area contributed by atoms with Crippen molar-refractivity contribution in [2.45, 2.75) is 39.9 Å². The molecule has 0 bridgehead atoms. The van der Waals surface area contributed by atoms with Crippen LogP contribution in [0.3, 0.4) is 0 Å². The number of benzene rings is 2. The van der Waals surface area contributed by atoms with Crippen LogP contribution in [0.5, 0.6) is 11.5 Å². The second-order valence-electron chi connectivity index (χ2n) is 6.95. The second-order valence-corrected chi connectivity index (χ2v) is 6.95. The van der Waals surface area contributed by atoms with Crippen LogP contribution < -0.4 is 15.8 Å². The highest BCUT2D eigenvalue weighted by atomic mass is 16.5. The van der Waals surface area contributed by atoms with Crippen LogP contribution in [0.25, 0.3) is 11.0 Å². The van der Waals surface area contributed by atoms with Crippen LogP contribution >= 0.6 is 0 Å².